The largest absolute Gasteiger partial charge is 0.479 e. The molecule has 2 aromatic rings. The number of aliphatic carboxylic acids is 1. The molecule has 0 spiro atoms. The number of rotatable bonds is 4. The van der Waals surface area contributed by atoms with Crippen LogP contribution in [0.2, 0.25) is 0 Å². The van der Waals surface area contributed by atoms with E-state index >= 15 is 0 Å². The number of carbonyl (C=O) groups is 1. The van der Waals surface area contributed by atoms with Gasteiger partial charge in [0, 0.05) is 22.6 Å². The summed E-state index contributed by atoms with van der Waals surface area (Å²) in [6.07, 6.45) is 4.42. The third kappa shape index (κ3) is 2.90. The Bertz CT molecular complexity index is 574. The lowest BCUT2D eigenvalue weighted by molar-refractivity contribution is -0.142. The first kappa shape index (κ1) is 13.5. The van der Waals surface area contributed by atoms with E-state index in [4.69, 9.17) is 0 Å². The molecule has 1 atom stereocenters. The van der Waals surface area contributed by atoms with Gasteiger partial charge in [0.25, 0.3) is 0 Å². The van der Waals surface area contributed by atoms with Gasteiger partial charge in [0.15, 0.2) is 5.54 Å². The minimum Gasteiger partial charge on any atom is -0.479 e. The third-order valence-electron chi connectivity index (χ3n) is 2.74. The number of nitrogens with one attached hydrogen (secondary N) is 1. The lowest BCUT2D eigenvalue weighted by Crippen LogP contribution is -2.41. The lowest BCUT2D eigenvalue weighted by Gasteiger charge is -2.26. The number of anilines is 1. The van der Waals surface area contributed by atoms with Crippen molar-refractivity contribution >= 4 is 27.6 Å². The number of hydrogen-bond acceptors (Lipinski definition) is 4. The Morgan fingerprint density at radius 2 is 2.00 bits per heavy atom. The van der Waals surface area contributed by atoms with E-state index in [0.717, 1.165) is 4.47 Å². The van der Waals surface area contributed by atoms with Gasteiger partial charge in [-0.3, -0.25) is 9.97 Å². The van der Waals surface area contributed by atoms with Crippen LogP contribution >= 0.6 is 15.9 Å². The molecule has 0 bridgehead atoms. The normalized spacial score (nSPS) is 13.6. The number of hydrogen-bond donors (Lipinski definition) is 2. The molecule has 0 amide bonds. The highest BCUT2D eigenvalue weighted by Crippen LogP contribution is 2.25. The number of benzene rings is 1. The summed E-state index contributed by atoms with van der Waals surface area (Å²) in [5.41, 5.74) is -0.286. The monoisotopic (exact) mass is 321 g/mol. The van der Waals surface area contributed by atoms with Gasteiger partial charge >= 0.3 is 5.97 Å². The molecule has 0 aliphatic carbocycles. The van der Waals surface area contributed by atoms with Crippen LogP contribution in [0.15, 0.2) is 47.3 Å². The minimum atomic E-state index is -1.33. The van der Waals surface area contributed by atoms with Gasteiger partial charge in [0.2, 0.25) is 0 Å². The van der Waals surface area contributed by atoms with Crippen LogP contribution in [0.5, 0.6) is 0 Å². The van der Waals surface area contributed by atoms with Gasteiger partial charge in [-0.15, -0.1) is 0 Å². The van der Waals surface area contributed by atoms with Crippen molar-refractivity contribution in [2.75, 3.05) is 5.32 Å². The molecule has 2 rings (SSSR count). The summed E-state index contributed by atoms with van der Waals surface area (Å²) in [5, 5.41) is 12.4. The molecule has 19 heavy (non-hydrogen) atoms. The van der Waals surface area contributed by atoms with Gasteiger partial charge in [-0.2, -0.15) is 0 Å². The molecule has 5 nitrogen and oxygen atoms in total. The zero-order valence-corrected chi connectivity index (χ0v) is 11.8. The highest BCUT2D eigenvalue weighted by atomic mass is 79.9. The summed E-state index contributed by atoms with van der Waals surface area (Å²) in [5.74, 6) is -1.02. The van der Waals surface area contributed by atoms with E-state index in [-0.39, 0.29) is 0 Å². The second kappa shape index (κ2) is 5.36. The van der Waals surface area contributed by atoms with Crippen molar-refractivity contribution in [1.82, 2.24) is 9.97 Å². The average molecular weight is 322 g/mol. The minimum absolute atomic E-state index is 0.352. The van der Waals surface area contributed by atoms with Crippen LogP contribution in [0.4, 0.5) is 5.69 Å². The van der Waals surface area contributed by atoms with Crippen LogP contribution in [0, 0.1) is 0 Å². The average Bonchev–Trinajstić information content (AvgIpc) is 2.42. The second-order valence-corrected chi connectivity index (χ2v) is 5.07. The van der Waals surface area contributed by atoms with Crippen LogP contribution in [-0.2, 0) is 10.3 Å². The van der Waals surface area contributed by atoms with Gasteiger partial charge in [-0.1, -0.05) is 15.9 Å². The van der Waals surface area contributed by atoms with Crippen molar-refractivity contribution < 1.29 is 9.90 Å². The summed E-state index contributed by atoms with van der Waals surface area (Å²) in [6, 6.07) is 7.26. The molecule has 1 aromatic carbocycles. The standard InChI is InChI=1S/C13H12BrN3O2/c1-13(12(18)19,11-8-15-6-7-16-11)17-10-4-2-9(14)3-5-10/h2-8,17H,1H3,(H,18,19). The molecule has 1 unspecified atom stereocenters. The molecule has 0 fully saturated rings. The highest BCUT2D eigenvalue weighted by Gasteiger charge is 2.36. The Morgan fingerprint density at radius 3 is 2.53 bits per heavy atom. The number of carboxylic acids is 1. The summed E-state index contributed by atoms with van der Waals surface area (Å²) in [6.45, 7) is 1.56. The fourth-order valence-corrected chi connectivity index (χ4v) is 1.87. The Balaban J connectivity index is 2.36. The first-order valence-electron chi connectivity index (χ1n) is 5.56. The molecule has 6 heteroatoms. The van der Waals surface area contributed by atoms with Crippen molar-refractivity contribution in [3.63, 3.8) is 0 Å². The van der Waals surface area contributed by atoms with Crippen molar-refractivity contribution in [1.29, 1.82) is 0 Å². The van der Waals surface area contributed by atoms with E-state index in [1.165, 1.54) is 18.6 Å². The smallest absolute Gasteiger partial charge is 0.335 e. The van der Waals surface area contributed by atoms with Crippen molar-refractivity contribution in [3.05, 3.63) is 53.0 Å². The van der Waals surface area contributed by atoms with E-state index in [9.17, 15) is 9.90 Å². The number of nitrogens with zero attached hydrogens (tertiary/aromatic N) is 2. The predicted molar refractivity (Wildman–Crippen MR) is 74.8 cm³/mol. The van der Waals surface area contributed by atoms with E-state index in [1.807, 2.05) is 12.1 Å². The maximum absolute atomic E-state index is 11.6. The fraction of sp³-hybridized carbons (Fsp3) is 0.154. The SMILES string of the molecule is CC(Nc1ccc(Br)cc1)(C(=O)O)c1cnccn1. The van der Waals surface area contributed by atoms with Gasteiger partial charge in [0.05, 0.1) is 11.9 Å². The Morgan fingerprint density at radius 1 is 1.32 bits per heavy atom. The molecule has 0 aliphatic heterocycles. The molecule has 1 heterocycles. The molecule has 2 N–H and O–H groups in total. The van der Waals surface area contributed by atoms with Gasteiger partial charge < -0.3 is 10.4 Å². The van der Waals surface area contributed by atoms with E-state index < -0.39 is 11.5 Å². The zero-order valence-electron chi connectivity index (χ0n) is 10.2. The molecule has 0 saturated carbocycles. The van der Waals surface area contributed by atoms with Crippen LogP contribution in [-0.4, -0.2) is 21.0 Å². The molecule has 0 saturated heterocycles. The fourth-order valence-electron chi connectivity index (χ4n) is 1.61. The number of halogens is 1. The van der Waals surface area contributed by atoms with E-state index in [1.54, 1.807) is 19.1 Å². The summed E-state index contributed by atoms with van der Waals surface area (Å²) < 4.78 is 0.926. The van der Waals surface area contributed by atoms with Crippen LogP contribution < -0.4 is 5.32 Å². The second-order valence-electron chi connectivity index (χ2n) is 4.15. The van der Waals surface area contributed by atoms with Crippen molar-refractivity contribution in [2.45, 2.75) is 12.5 Å². The van der Waals surface area contributed by atoms with E-state index in [0.29, 0.717) is 11.4 Å². The van der Waals surface area contributed by atoms with Crippen LogP contribution in [0.1, 0.15) is 12.6 Å². The first-order chi connectivity index (χ1) is 9.02. The highest BCUT2D eigenvalue weighted by molar-refractivity contribution is 9.10. The van der Waals surface area contributed by atoms with Crippen molar-refractivity contribution in [2.24, 2.45) is 0 Å². The Kier molecular flexibility index (Phi) is 3.80. The van der Waals surface area contributed by atoms with Gasteiger partial charge in [-0.05, 0) is 31.2 Å². The van der Waals surface area contributed by atoms with Crippen molar-refractivity contribution in [3.8, 4) is 0 Å². The zero-order chi connectivity index (χ0) is 13.9. The topological polar surface area (TPSA) is 75.1 Å². The Labute approximate surface area is 118 Å². The number of carboxylic acid groups (broad SMARTS) is 1. The maximum Gasteiger partial charge on any atom is 0.335 e. The van der Waals surface area contributed by atoms with Crippen LogP contribution in [0.3, 0.4) is 0 Å². The third-order valence-corrected chi connectivity index (χ3v) is 3.27. The molecular weight excluding hydrogens is 310 g/mol. The van der Waals surface area contributed by atoms with Gasteiger partial charge in [0.1, 0.15) is 0 Å². The summed E-state index contributed by atoms with van der Waals surface area (Å²) in [4.78, 5) is 19.5. The quantitative estimate of drug-likeness (QED) is 0.905. The van der Waals surface area contributed by atoms with Gasteiger partial charge in [-0.25, -0.2) is 4.79 Å². The molecule has 0 aliphatic rings. The first-order valence-corrected chi connectivity index (χ1v) is 6.35. The molecule has 1 aromatic heterocycles. The number of aromatic nitrogens is 2. The molecule has 98 valence electrons. The lowest BCUT2D eigenvalue weighted by atomic mass is 9.98. The maximum atomic E-state index is 11.6. The molecular formula is C13H12BrN3O2. The Hall–Kier alpha value is -1.95. The summed E-state index contributed by atoms with van der Waals surface area (Å²) >= 11 is 3.33. The van der Waals surface area contributed by atoms with Crippen LogP contribution in [0.25, 0.3) is 0 Å². The molecule has 0 radical (unpaired) electrons. The predicted octanol–water partition coefficient (Wildman–Crippen LogP) is 2.65. The summed E-state index contributed by atoms with van der Waals surface area (Å²) in [7, 11) is 0. The van der Waals surface area contributed by atoms with E-state index in [2.05, 4.69) is 31.2 Å².